The third-order valence-corrected chi connectivity index (χ3v) is 3.80. The minimum Gasteiger partial charge on any atom is -0.481 e. The number of morpholine rings is 1. The molecule has 1 heterocycles. The van der Waals surface area contributed by atoms with Crippen molar-refractivity contribution < 1.29 is 19.1 Å². The minimum atomic E-state index is -0.589. The summed E-state index contributed by atoms with van der Waals surface area (Å²) in [6, 6.07) is 5.06. The van der Waals surface area contributed by atoms with Gasteiger partial charge in [0.1, 0.15) is 5.75 Å². The molecule has 108 valence electrons. The zero-order valence-corrected chi connectivity index (χ0v) is 12.8. The summed E-state index contributed by atoms with van der Waals surface area (Å²) in [7, 11) is 0. The molecule has 1 atom stereocenters. The number of amides is 1. The summed E-state index contributed by atoms with van der Waals surface area (Å²) in [6.07, 6.45) is 0.152. The lowest BCUT2D eigenvalue weighted by molar-refractivity contribution is -0.142. The van der Waals surface area contributed by atoms with Gasteiger partial charge in [0.15, 0.2) is 12.4 Å². The number of aldehydes is 1. The highest BCUT2D eigenvalue weighted by Crippen LogP contribution is 2.22. The van der Waals surface area contributed by atoms with Gasteiger partial charge in [-0.05, 0) is 25.1 Å². The fourth-order valence-corrected chi connectivity index (χ4v) is 2.32. The maximum absolute atomic E-state index is 12.2. The predicted octanol–water partition coefficient (Wildman–Crippen LogP) is 1.89. The van der Waals surface area contributed by atoms with Crippen LogP contribution in [0, 0.1) is 0 Å². The first-order valence-corrected chi connectivity index (χ1v) is 7.19. The van der Waals surface area contributed by atoms with Gasteiger partial charge in [-0.25, -0.2) is 0 Å². The number of benzene rings is 1. The number of rotatable bonds is 4. The number of carbonyl (C=O) groups is 2. The van der Waals surface area contributed by atoms with Crippen LogP contribution in [-0.4, -0.2) is 49.5 Å². The van der Waals surface area contributed by atoms with E-state index in [-0.39, 0.29) is 5.91 Å². The first-order chi connectivity index (χ1) is 9.61. The van der Waals surface area contributed by atoms with E-state index < -0.39 is 6.10 Å². The molecule has 2 rings (SSSR count). The van der Waals surface area contributed by atoms with E-state index in [1.54, 1.807) is 30.0 Å². The highest BCUT2D eigenvalue weighted by Gasteiger charge is 2.23. The molecule has 1 unspecified atom stereocenters. The Morgan fingerprint density at radius 1 is 1.45 bits per heavy atom. The molecular formula is C14H16BrNO4. The molecule has 1 fully saturated rings. The molecule has 0 aliphatic carbocycles. The standard InChI is InChI=1S/C14H16BrNO4/c1-10(14(18)16-4-6-19-7-5-16)20-12-2-3-13(15)11(8-12)9-17/h2-3,8-10H,4-7H2,1H3. The largest absolute Gasteiger partial charge is 0.481 e. The summed E-state index contributed by atoms with van der Waals surface area (Å²) in [5.74, 6) is 0.438. The molecule has 6 heteroatoms. The SMILES string of the molecule is CC(Oc1ccc(Br)c(C=O)c1)C(=O)N1CCOCC1. The van der Waals surface area contributed by atoms with Crippen molar-refractivity contribution in [1.82, 2.24) is 4.90 Å². The number of halogens is 1. The number of hydrogen-bond donors (Lipinski definition) is 0. The quantitative estimate of drug-likeness (QED) is 0.784. The maximum atomic E-state index is 12.2. The molecular weight excluding hydrogens is 326 g/mol. The summed E-state index contributed by atoms with van der Waals surface area (Å²) in [6.45, 7) is 4.01. The zero-order valence-electron chi connectivity index (χ0n) is 11.2. The van der Waals surface area contributed by atoms with Crippen LogP contribution < -0.4 is 4.74 Å². The number of nitrogens with zero attached hydrogens (tertiary/aromatic N) is 1. The van der Waals surface area contributed by atoms with Crippen LogP contribution in [0.3, 0.4) is 0 Å². The van der Waals surface area contributed by atoms with Gasteiger partial charge >= 0.3 is 0 Å². The van der Waals surface area contributed by atoms with Crippen LogP contribution in [0.5, 0.6) is 5.75 Å². The molecule has 1 amide bonds. The lowest BCUT2D eigenvalue weighted by atomic mass is 10.2. The van der Waals surface area contributed by atoms with E-state index in [9.17, 15) is 9.59 Å². The fraction of sp³-hybridized carbons (Fsp3) is 0.429. The van der Waals surface area contributed by atoms with Crippen LogP contribution in [-0.2, 0) is 9.53 Å². The van der Waals surface area contributed by atoms with E-state index in [0.717, 1.165) is 6.29 Å². The van der Waals surface area contributed by atoms with Gasteiger partial charge in [0, 0.05) is 23.1 Å². The summed E-state index contributed by atoms with van der Waals surface area (Å²) in [5, 5.41) is 0. The maximum Gasteiger partial charge on any atom is 0.263 e. The summed E-state index contributed by atoms with van der Waals surface area (Å²) >= 11 is 3.27. The summed E-state index contributed by atoms with van der Waals surface area (Å²) in [4.78, 5) is 24.8. The average Bonchev–Trinajstić information content (AvgIpc) is 2.49. The van der Waals surface area contributed by atoms with Gasteiger partial charge < -0.3 is 14.4 Å². The van der Waals surface area contributed by atoms with Crippen LogP contribution in [0.1, 0.15) is 17.3 Å². The number of carbonyl (C=O) groups excluding carboxylic acids is 2. The Kier molecular flexibility index (Phi) is 5.14. The molecule has 0 bridgehead atoms. The van der Waals surface area contributed by atoms with Crippen molar-refractivity contribution in [1.29, 1.82) is 0 Å². The Labute approximate surface area is 126 Å². The van der Waals surface area contributed by atoms with E-state index in [0.29, 0.717) is 42.1 Å². The Bertz CT molecular complexity index is 500. The first kappa shape index (κ1) is 15.0. The van der Waals surface area contributed by atoms with E-state index in [2.05, 4.69) is 15.9 Å². The lowest BCUT2D eigenvalue weighted by Crippen LogP contribution is -2.46. The highest BCUT2D eigenvalue weighted by molar-refractivity contribution is 9.10. The normalized spacial score (nSPS) is 16.6. The Hall–Kier alpha value is -1.40. The molecule has 0 N–H and O–H groups in total. The van der Waals surface area contributed by atoms with Gasteiger partial charge in [0.25, 0.3) is 5.91 Å². The van der Waals surface area contributed by atoms with E-state index in [1.165, 1.54) is 0 Å². The van der Waals surface area contributed by atoms with Crippen molar-refractivity contribution in [3.63, 3.8) is 0 Å². The minimum absolute atomic E-state index is 0.0659. The van der Waals surface area contributed by atoms with Crippen LogP contribution in [0.15, 0.2) is 22.7 Å². The van der Waals surface area contributed by atoms with Crippen LogP contribution in [0.25, 0.3) is 0 Å². The summed E-state index contributed by atoms with van der Waals surface area (Å²) in [5.41, 5.74) is 0.494. The van der Waals surface area contributed by atoms with Gasteiger partial charge in [0.05, 0.1) is 13.2 Å². The van der Waals surface area contributed by atoms with Crippen molar-refractivity contribution in [3.8, 4) is 5.75 Å². The van der Waals surface area contributed by atoms with Crippen LogP contribution >= 0.6 is 15.9 Å². The van der Waals surface area contributed by atoms with Gasteiger partial charge in [-0.15, -0.1) is 0 Å². The van der Waals surface area contributed by atoms with E-state index in [1.807, 2.05) is 0 Å². The smallest absolute Gasteiger partial charge is 0.263 e. The van der Waals surface area contributed by atoms with Crippen molar-refractivity contribution in [2.24, 2.45) is 0 Å². The average molecular weight is 342 g/mol. The molecule has 1 aromatic rings. The molecule has 0 spiro atoms. The lowest BCUT2D eigenvalue weighted by Gasteiger charge is -2.29. The van der Waals surface area contributed by atoms with E-state index in [4.69, 9.17) is 9.47 Å². The molecule has 1 aliphatic rings. The number of ether oxygens (including phenoxy) is 2. The topological polar surface area (TPSA) is 55.8 Å². The van der Waals surface area contributed by atoms with Crippen LogP contribution in [0.4, 0.5) is 0 Å². The summed E-state index contributed by atoms with van der Waals surface area (Å²) < 4.78 is 11.5. The Balaban J connectivity index is 2.01. The molecule has 0 radical (unpaired) electrons. The van der Waals surface area contributed by atoms with E-state index >= 15 is 0 Å². The molecule has 0 aromatic heterocycles. The van der Waals surface area contributed by atoms with Gasteiger partial charge in [-0.2, -0.15) is 0 Å². The molecule has 1 aromatic carbocycles. The van der Waals surface area contributed by atoms with Crippen molar-refractivity contribution in [2.45, 2.75) is 13.0 Å². The van der Waals surface area contributed by atoms with Gasteiger partial charge in [-0.3, -0.25) is 9.59 Å². The zero-order chi connectivity index (χ0) is 14.5. The fourth-order valence-electron chi connectivity index (χ4n) is 1.98. The predicted molar refractivity (Wildman–Crippen MR) is 77.0 cm³/mol. The molecule has 0 saturated carbocycles. The van der Waals surface area contributed by atoms with Crippen molar-refractivity contribution in [2.75, 3.05) is 26.3 Å². The Morgan fingerprint density at radius 2 is 2.15 bits per heavy atom. The van der Waals surface area contributed by atoms with Crippen molar-refractivity contribution >= 4 is 28.1 Å². The Morgan fingerprint density at radius 3 is 2.80 bits per heavy atom. The second-order valence-corrected chi connectivity index (χ2v) is 5.35. The van der Waals surface area contributed by atoms with Gasteiger partial charge in [-0.1, -0.05) is 15.9 Å². The second kappa shape index (κ2) is 6.85. The number of hydrogen-bond acceptors (Lipinski definition) is 4. The molecule has 5 nitrogen and oxygen atoms in total. The second-order valence-electron chi connectivity index (χ2n) is 4.50. The van der Waals surface area contributed by atoms with Crippen LogP contribution in [0.2, 0.25) is 0 Å². The third kappa shape index (κ3) is 3.58. The highest BCUT2D eigenvalue weighted by atomic mass is 79.9. The van der Waals surface area contributed by atoms with Gasteiger partial charge in [0.2, 0.25) is 0 Å². The first-order valence-electron chi connectivity index (χ1n) is 6.39. The monoisotopic (exact) mass is 341 g/mol. The van der Waals surface area contributed by atoms with Crippen molar-refractivity contribution in [3.05, 3.63) is 28.2 Å². The molecule has 1 saturated heterocycles. The molecule has 20 heavy (non-hydrogen) atoms. The third-order valence-electron chi connectivity index (χ3n) is 3.08. The molecule has 1 aliphatic heterocycles.